The minimum absolute atomic E-state index is 0.455. The molecule has 4 aliphatic rings. The quantitative estimate of drug-likeness (QED) is 0.157. The first-order valence-electron chi connectivity index (χ1n) is 21.9. The first-order chi connectivity index (χ1) is 29.7. The van der Waals surface area contributed by atoms with Crippen molar-refractivity contribution in [2.75, 3.05) is 4.90 Å². The van der Waals surface area contributed by atoms with Crippen molar-refractivity contribution in [3.8, 4) is 22.5 Å². The van der Waals surface area contributed by atoms with E-state index in [1.807, 2.05) is 0 Å². The summed E-state index contributed by atoms with van der Waals surface area (Å²) in [7, 11) is 0. The van der Waals surface area contributed by atoms with Crippen LogP contribution in [0.2, 0.25) is 0 Å². The van der Waals surface area contributed by atoms with E-state index in [4.69, 9.17) is 0 Å². The number of rotatable bonds is 7. The smallest absolute Gasteiger partial charge is 0.131 e. The fraction of sp³-hybridized carbons (Fsp3) is 0.158. The Bertz CT molecular complexity index is 3310. The SMILES string of the molecule is c1ccc(-c2ccc(N(c3ccc(C45CC6CC7CC(C4)C765)cc3)c3ccc4cc(-n5c6ccccc6c6c7ccccc7n(-c7ccccc7)c65)ccc4c3)cc2)cc1. The molecule has 3 heteroatoms. The highest BCUT2D eigenvalue weighted by atomic mass is 15.1. The summed E-state index contributed by atoms with van der Waals surface area (Å²) in [4.78, 5) is 2.45. The van der Waals surface area contributed by atoms with Crippen molar-refractivity contribution >= 4 is 60.7 Å². The van der Waals surface area contributed by atoms with E-state index in [1.165, 1.54) is 86.1 Å². The molecule has 4 aliphatic carbocycles. The molecule has 0 N–H and O–H groups in total. The lowest BCUT2D eigenvalue weighted by Gasteiger charge is -2.91. The Morgan fingerprint density at radius 3 is 1.62 bits per heavy atom. The molecule has 1 spiro atoms. The summed E-state index contributed by atoms with van der Waals surface area (Å²) < 4.78 is 4.91. The number of fused-ring (bicyclic) bond motifs is 6. The molecule has 14 rings (SSSR count). The second-order valence-electron chi connectivity index (χ2n) is 18.2. The first-order valence-corrected chi connectivity index (χ1v) is 21.9. The second-order valence-corrected chi connectivity index (χ2v) is 18.2. The zero-order valence-corrected chi connectivity index (χ0v) is 33.4. The molecule has 3 nitrogen and oxygen atoms in total. The molecule has 2 aromatic heterocycles. The number of para-hydroxylation sites is 3. The molecule has 4 fully saturated rings. The van der Waals surface area contributed by atoms with Crippen molar-refractivity contribution in [1.82, 2.24) is 9.13 Å². The maximum Gasteiger partial charge on any atom is 0.131 e. The molecular formula is C57H43N3. The van der Waals surface area contributed by atoms with Gasteiger partial charge in [0.25, 0.3) is 0 Å². The Balaban J connectivity index is 0.896. The van der Waals surface area contributed by atoms with Crippen molar-refractivity contribution in [1.29, 1.82) is 0 Å². The molecule has 2 heterocycles. The van der Waals surface area contributed by atoms with Gasteiger partial charge in [-0.3, -0.25) is 9.13 Å². The van der Waals surface area contributed by atoms with Crippen molar-refractivity contribution in [3.05, 3.63) is 200 Å². The zero-order chi connectivity index (χ0) is 39.2. The average molecular weight is 770 g/mol. The van der Waals surface area contributed by atoms with Crippen molar-refractivity contribution in [2.45, 2.75) is 31.1 Å². The van der Waals surface area contributed by atoms with Crippen LogP contribution in [0.5, 0.6) is 0 Å². The standard InChI is InChI=1S/C57H43N3/c1-3-11-37(12-4-1)38-19-25-46(26-20-38)58(47-29-23-41(24-30-47)56-35-43-33-42-34-44(36-56)57(42,43)56)48-27-21-40-32-49(28-22-39(40)31-48)60-53-18-10-8-16-51(53)54-50-15-7-9-17-52(50)59(55(54)60)45-13-5-2-6-14-45/h1-32,42-44H,33-36H2. The molecule has 4 saturated carbocycles. The van der Waals surface area contributed by atoms with Crippen LogP contribution >= 0.6 is 0 Å². The van der Waals surface area contributed by atoms with Crippen LogP contribution in [0.15, 0.2) is 194 Å². The molecule has 0 aliphatic heterocycles. The van der Waals surface area contributed by atoms with E-state index < -0.39 is 0 Å². The predicted octanol–water partition coefficient (Wildman–Crippen LogP) is 14.7. The van der Waals surface area contributed by atoms with Crippen molar-refractivity contribution in [2.24, 2.45) is 23.2 Å². The Kier molecular flexibility index (Phi) is 6.55. The molecule has 2 unspecified atom stereocenters. The largest absolute Gasteiger partial charge is 0.310 e. The molecule has 60 heavy (non-hydrogen) atoms. The number of aromatic nitrogens is 2. The maximum atomic E-state index is 2.49. The molecule has 0 saturated heterocycles. The summed E-state index contributed by atoms with van der Waals surface area (Å²) in [6, 6.07) is 72.1. The number of anilines is 3. The topological polar surface area (TPSA) is 13.1 Å². The van der Waals surface area contributed by atoms with Crippen LogP contribution in [0.1, 0.15) is 31.2 Å². The van der Waals surface area contributed by atoms with Crippen LogP contribution in [0.3, 0.4) is 0 Å². The van der Waals surface area contributed by atoms with Gasteiger partial charge in [-0.1, -0.05) is 121 Å². The van der Waals surface area contributed by atoms with Gasteiger partial charge < -0.3 is 4.90 Å². The van der Waals surface area contributed by atoms with E-state index in [0.717, 1.165) is 40.5 Å². The van der Waals surface area contributed by atoms with Gasteiger partial charge >= 0.3 is 0 Å². The van der Waals surface area contributed by atoms with Gasteiger partial charge in [0.15, 0.2) is 0 Å². The average Bonchev–Trinajstić information content (AvgIpc) is 3.79. The molecule has 0 amide bonds. The molecule has 286 valence electrons. The number of hydrogen-bond acceptors (Lipinski definition) is 1. The van der Waals surface area contributed by atoms with Crippen LogP contribution in [-0.4, -0.2) is 9.13 Å². The summed E-state index contributed by atoms with van der Waals surface area (Å²) in [6.45, 7) is 0. The Labute approximate surface area is 349 Å². The fourth-order valence-electron chi connectivity index (χ4n) is 13.5. The molecule has 10 aromatic rings. The van der Waals surface area contributed by atoms with Gasteiger partial charge in [-0.05, 0) is 149 Å². The van der Waals surface area contributed by atoms with Gasteiger partial charge in [0.1, 0.15) is 5.65 Å². The van der Waals surface area contributed by atoms with Gasteiger partial charge in [-0.15, -0.1) is 0 Å². The summed E-state index contributed by atoms with van der Waals surface area (Å²) >= 11 is 0. The summed E-state index contributed by atoms with van der Waals surface area (Å²) in [6.07, 6.45) is 5.82. The monoisotopic (exact) mass is 769 g/mol. The highest BCUT2D eigenvalue weighted by Crippen LogP contribution is 2.92. The maximum absolute atomic E-state index is 2.49. The number of nitrogens with zero attached hydrogens (tertiary/aromatic N) is 3. The van der Waals surface area contributed by atoms with E-state index in [0.29, 0.717) is 10.8 Å². The summed E-state index contributed by atoms with van der Waals surface area (Å²) in [5.74, 6) is 3.01. The third kappa shape index (κ3) is 4.15. The third-order valence-electron chi connectivity index (χ3n) is 15.9. The van der Waals surface area contributed by atoms with Crippen LogP contribution < -0.4 is 4.90 Å². The lowest BCUT2D eigenvalue weighted by molar-refractivity contribution is -0.395. The third-order valence-corrected chi connectivity index (χ3v) is 15.9. The van der Waals surface area contributed by atoms with E-state index in [9.17, 15) is 0 Å². The van der Waals surface area contributed by atoms with E-state index in [2.05, 4.69) is 208 Å². The second kappa shape index (κ2) is 11.9. The highest BCUT2D eigenvalue weighted by molar-refractivity contribution is 6.22. The molecule has 2 atom stereocenters. The molecule has 8 aromatic carbocycles. The van der Waals surface area contributed by atoms with Gasteiger partial charge in [0, 0.05) is 50.0 Å². The van der Waals surface area contributed by atoms with E-state index in [1.54, 1.807) is 5.56 Å². The number of benzene rings is 8. The van der Waals surface area contributed by atoms with Crippen LogP contribution in [0.4, 0.5) is 17.1 Å². The zero-order valence-electron chi connectivity index (χ0n) is 33.4. The fourth-order valence-corrected chi connectivity index (χ4v) is 13.5. The van der Waals surface area contributed by atoms with Gasteiger partial charge in [0.2, 0.25) is 0 Å². The van der Waals surface area contributed by atoms with E-state index >= 15 is 0 Å². The minimum atomic E-state index is 0.455. The van der Waals surface area contributed by atoms with Gasteiger partial charge in [0.05, 0.1) is 11.0 Å². The predicted molar refractivity (Wildman–Crippen MR) is 248 cm³/mol. The summed E-state index contributed by atoms with van der Waals surface area (Å²) in [5, 5.41) is 6.25. The molecule has 0 bridgehead atoms. The molecule has 0 radical (unpaired) electrons. The minimum Gasteiger partial charge on any atom is -0.310 e. The highest BCUT2D eigenvalue weighted by Gasteiger charge is 2.87. The van der Waals surface area contributed by atoms with Crippen LogP contribution in [0, 0.1) is 23.2 Å². The van der Waals surface area contributed by atoms with Crippen LogP contribution in [0.25, 0.3) is 66.1 Å². The Morgan fingerprint density at radius 1 is 0.433 bits per heavy atom. The lowest BCUT2D eigenvalue weighted by Crippen LogP contribution is -2.87. The van der Waals surface area contributed by atoms with Crippen molar-refractivity contribution < 1.29 is 0 Å². The number of hydrogen-bond donors (Lipinski definition) is 0. The lowest BCUT2D eigenvalue weighted by atomic mass is 9.12. The summed E-state index contributed by atoms with van der Waals surface area (Å²) in [5.41, 5.74) is 14.6. The van der Waals surface area contributed by atoms with Gasteiger partial charge in [-0.2, -0.15) is 0 Å². The van der Waals surface area contributed by atoms with Gasteiger partial charge in [-0.25, -0.2) is 0 Å². The Morgan fingerprint density at radius 2 is 0.967 bits per heavy atom. The van der Waals surface area contributed by atoms with Crippen LogP contribution in [-0.2, 0) is 5.41 Å². The normalized spacial score (nSPS) is 23.4. The first kappa shape index (κ1) is 33.0. The Hall–Kier alpha value is -6.84. The molecular weight excluding hydrogens is 727 g/mol. The van der Waals surface area contributed by atoms with E-state index in [-0.39, 0.29) is 0 Å². The van der Waals surface area contributed by atoms with Crippen molar-refractivity contribution in [3.63, 3.8) is 0 Å².